The molecule has 1 saturated heterocycles. The fourth-order valence-corrected chi connectivity index (χ4v) is 2.95. The van der Waals surface area contributed by atoms with Crippen LogP contribution in [0.5, 0.6) is 0 Å². The van der Waals surface area contributed by atoms with E-state index in [-0.39, 0.29) is 11.5 Å². The molecular formula is C18H22N4O3. The first kappa shape index (κ1) is 17.2. The summed E-state index contributed by atoms with van der Waals surface area (Å²) in [6.45, 7) is 2.25. The van der Waals surface area contributed by atoms with Gasteiger partial charge < -0.3 is 14.9 Å². The zero-order chi connectivity index (χ0) is 17.8. The molecule has 1 aliphatic rings. The number of carbonyl (C=O) groups excluding carboxylic acids is 1. The maximum Gasteiger partial charge on any atom is 0.268 e. The molecule has 1 atom stereocenters. The number of rotatable bonds is 4. The second-order valence-corrected chi connectivity index (χ2v) is 6.19. The van der Waals surface area contributed by atoms with E-state index in [0.29, 0.717) is 32.6 Å². The third-order valence-electron chi connectivity index (χ3n) is 4.47. The van der Waals surface area contributed by atoms with Crippen LogP contribution in [0.3, 0.4) is 0 Å². The summed E-state index contributed by atoms with van der Waals surface area (Å²) in [5.74, 6) is -0.245. The first-order chi connectivity index (χ1) is 12.0. The van der Waals surface area contributed by atoms with E-state index < -0.39 is 6.10 Å². The number of aryl methyl sites for hydroxylation is 1. The van der Waals surface area contributed by atoms with Crippen molar-refractivity contribution in [1.82, 2.24) is 14.7 Å². The minimum atomic E-state index is -1.03. The van der Waals surface area contributed by atoms with E-state index in [9.17, 15) is 14.7 Å². The number of piperazine rings is 1. The highest BCUT2D eigenvalue weighted by atomic mass is 16.3. The standard InChI is InChI=1S/C18H22N4O3/c1-20-17(24)12-15(13-19-20)21-7-9-22(10-8-21)18(25)16(23)11-14-5-3-2-4-6-14/h2-6,12-13,16,23H,7-11H2,1H3/t16-/m0/s1. The van der Waals surface area contributed by atoms with Crippen LogP contribution in [0, 0.1) is 0 Å². The van der Waals surface area contributed by atoms with Gasteiger partial charge in [0.05, 0.1) is 11.9 Å². The van der Waals surface area contributed by atoms with Crippen LogP contribution in [0.2, 0.25) is 0 Å². The second kappa shape index (κ2) is 7.48. The lowest BCUT2D eigenvalue weighted by Gasteiger charge is -2.36. The first-order valence-electron chi connectivity index (χ1n) is 8.33. The van der Waals surface area contributed by atoms with Crippen LogP contribution in [0.15, 0.2) is 47.4 Å². The van der Waals surface area contributed by atoms with Gasteiger partial charge in [0.1, 0.15) is 6.10 Å². The lowest BCUT2D eigenvalue weighted by atomic mass is 10.1. The molecule has 1 aromatic heterocycles. The lowest BCUT2D eigenvalue weighted by molar-refractivity contribution is -0.140. The first-order valence-corrected chi connectivity index (χ1v) is 8.33. The normalized spacial score (nSPS) is 15.9. The Morgan fingerprint density at radius 1 is 1.20 bits per heavy atom. The minimum absolute atomic E-state index is 0.158. The van der Waals surface area contributed by atoms with Gasteiger partial charge in [0, 0.05) is 45.7 Å². The van der Waals surface area contributed by atoms with Crippen molar-refractivity contribution in [3.05, 3.63) is 58.5 Å². The molecular weight excluding hydrogens is 320 g/mol. The maximum atomic E-state index is 12.4. The summed E-state index contributed by atoms with van der Waals surface area (Å²) in [5.41, 5.74) is 1.54. The van der Waals surface area contributed by atoms with Crippen LogP contribution in [0.1, 0.15) is 5.56 Å². The Morgan fingerprint density at radius 3 is 2.52 bits per heavy atom. The summed E-state index contributed by atoms with van der Waals surface area (Å²) < 4.78 is 1.28. The second-order valence-electron chi connectivity index (χ2n) is 6.19. The summed E-state index contributed by atoms with van der Waals surface area (Å²) in [5, 5.41) is 14.2. The number of hydrogen-bond donors (Lipinski definition) is 1. The molecule has 0 spiro atoms. The predicted octanol–water partition coefficient (Wildman–Crippen LogP) is 0.0325. The molecule has 3 rings (SSSR count). The summed E-state index contributed by atoms with van der Waals surface area (Å²) >= 11 is 0. The van der Waals surface area contributed by atoms with Crippen molar-refractivity contribution in [3.63, 3.8) is 0 Å². The molecule has 2 aromatic rings. The largest absolute Gasteiger partial charge is 0.383 e. The molecule has 0 bridgehead atoms. The van der Waals surface area contributed by atoms with Crippen molar-refractivity contribution in [1.29, 1.82) is 0 Å². The summed E-state index contributed by atoms with van der Waals surface area (Å²) in [6, 6.07) is 11.0. The Hall–Kier alpha value is -2.67. The molecule has 0 aliphatic carbocycles. The number of aliphatic hydroxyl groups is 1. The van der Waals surface area contributed by atoms with E-state index in [1.54, 1.807) is 24.2 Å². The number of nitrogens with zero attached hydrogens (tertiary/aromatic N) is 4. The van der Waals surface area contributed by atoms with Gasteiger partial charge in [-0.25, -0.2) is 4.68 Å². The summed E-state index contributed by atoms with van der Waals surface area (Å²) in [4.78, 5) is 27.8. The quantitative estimate of drug-likeness (QED) is 0.848. The Bertz CT molecular complexity index is 782. The minimum Gasteiger partial charge on any atom is -0.383 e. The molecule has 7 heteroatoms. The highest BCUT2D eigenvalue weighted by Gasteiger charge is 2.26. The van der Waals surface area contributed by atoms with Crippen LogP contribution in [-0.2, 0) is 18.3 Å². The van der Waals surface area contributed by atoms with Gasteiger partial charge in [-0.3, -0.25) is 9.59 Å². The van der Waals surface area contributed by atoms with Crippen molar-refractivity contribution in [3.8, 4) is 0 Å². The fourth-order valence-electron chi connectivity index (χ4n) is 2.95. The molecule has 1 fully saturated rings. The van der Waals surface area contributed by atoms with Crippen molar-refractivity contribution in [2.75, 3.05) is 31.1 Å². The van der Waals surface area contributed by atoms with Gasteiger partial charge in [0.15, 0.2) is 0 Å². The molecule has 132 valence electrons. The predicted molar refractivity (Wildman–Crippen MR) is 94.4 cm³/mol. The Balaban J connectivity index is 1.57. The zero-order valence-electron chi connectivity index (χ0n) is 14.2. The van der Waals surface area contributed by atoms with Crippen molar-refractivity contribution in [2.24, 2.45) is 7.05 Å². The van der Waals surface area contributed by atoms with Gasteiger partial charge in [-0.1, -0.05) is 30.3 Å². The number of aromatic nitrogens is 2. The Kier molecular flexibility index (Phi) is 5.14. The number of amides is 1. The van der Waals surface area contributed by atoms with E-state index in [4.69, 9.17) is 0 Å². The molecule has 0 radical (unpaired) electrons. The highest BCUT2D eigenvalue weighted by Crippen LogP contribution is 2.14. The molecule has 0 saturated carbocycles. The number of anilines is 1. The average Bonchev–Trinajstić information content (AvgIpc) is 2.64. The molecule has 2 heterocycles. The van der Waals surface area contributed by atoms with E-state index >= 15 is 0 Å². The molecule has 0 unspecified atom stereocenters. The van der Waals surface area contributed by atoms with Crippen molar-refractivity contribution < 1.29 is 9.90 Å². The van der Waals surface area contributed by atoms with Gasteiger partial charge in [-0.15, -0.1) is 0 Å². The van der Waals surface area contributed by atoms with E-state index in [1.165, 1.54) is 4.68 Å². The number of carbonyl (C=O) groups is 1. The van der Waals surface area contributed by atoms with Crippen molar-refractivity contribution >= 4 is 11.6 Å². The molecule has 1 aliphatic heterocycles. The fraction of sp³-hybridized carbons (Fsp3) is 0.389. The van der Waals surface area contributed by atoms with Gasteiger partial charge in [-0.2, -0.15) is 5.10 Å². The lowest BCUT2D eigenvalue weighted by Crippen LogP contribution is -2.52. The topological polar surface area (TPSA) is 78.7 Å². The number of aliphatic hydroxyl groups excluding tert-OH is 1. The monoisotopic (exact) mass is 342 g/mol. The van der Waals surface area contributed by atoms with Crippen LogP contribution >= 0.6 is 0 Å². The van der Waals surface area contributed by atoms with E-state index in [1.807, 2.05) is 35.2 Å². The maximum absolute atomic E-state index is 12.4. The molecule has 1 N–H and O–H groups in total. The van der Waals surface area contributed by atoms with Crippen LogP contribution in [0.4, 0.5) is 5.69 Å². The van der Waals surface area contributed by atoms with Crippen molar-refractivity contribution in [2.45, 2.75) is 12.5 Å². The van der Waals surface area contributed by atoms with E-state index in [2.05, 4.69) is 5.10 Å². The Morgan fingerprint density at radius 2 is 1.88 bits per heavy atom. The van der Waals surface area contributed by atoms with Gasteiger partial charge >= 0.3 is 0 Å². The molecule has 1 amide bonds. The van der Waals surface area contributed by atoms with Crippen LogP contribution < -0.4 is 10.5 Å². The van der Waals surface area contributed by atoms with Gasteiger partial charge in [0.2, 0.25) is 0 Å². The average molecular weight is 342 g/mol. The third-order valence-corrected chi connectivity index (χ3v) is 4.47. The Labute approximate surface area is 146 Å². The molecule has 25 heavy (non-hydrogen) atoms. The number of benzene rings is 1. The third kappa shape index (κ3) is 4.06. The van der Waals surface area contributed by atoms with Gasteiger partial charge in [0.25, 0.3) is 11.5 Å². The van der Waals surface area contributed by atoms with Crippen LogP contribution in [-0.4, -0.2) is 58.0 Å². The molecule has 1 aromatic carbocycles. The highest BCUT2D eigenvalue weighted by molar-refractivity contribution is 5.81. The SMILES string of the molecule is Cn1ncc(N2CCN(C(=O)[C@@H](O)Cc3ccccc3)CC2)cc1=O. The summed E-state index contributed by atoms with van der Waals surface area (Å²) in [6.07, 6.45) is 0.946. The van der Waals surface area contributed by atoms with Gasteiger partial charge in [-0.05, 0) is 5.56 Å². The van der Waals surface area contributed by atoms with Crippen LogP contribution in [0.25, 0.3) is 0 Å². The number of hydrogen-bond acceptors (Lipinski definition) is 5. The van der Waals surface area contributed by atoms with E-state index in [0.717, 1.165) is 11.3 Å². The molecule has 7 nitrogen and oxygen atoms in total. The zero-order valence-corrected chi connectivity index (χ0v) is 14.2. The smallest absolute Gasteiger partial charge is 0.268 e. The summed E-state index contributed by atoms with van der Waals surface area (Å²) in [7, 11) is 1.61.